The third-order valence-corrected chi connectivity index (χ3v) is 2.56. The quantitative estimate of drug-likeness (QED) is 0.654. The third-order valence-electron chi connectivity index (χ3n) is 2.10. The number of benzene rings is 1. The lowest BCUT2D eigenvalue weighted by Gasteiger charge is -1.95. The number of nitro groups is 1. The predicted octanol–water partition coefficient (Wildman–Crippen LogP) is 2.54. The average Bonchev–Trinajstić information content (AvgIpc) is 2.59. The highest BCUT2D eigenvalue weighted by molar-refractivity contribution is 9.10. The van der Waals surface area contributed by atoms with Gasteiger partial charge in [-0.25, -0.2) is 4.79 Å². The van der Waals surface area contributed by atoms with E-state index >= 15 is 0 Å². The molecule has 0 amide bonds. The summed E-state index contributed by atoms with van der Waals surface area (Å²) in [5.74, 6) is -1.15. The monoisotopic (exact) mass is 284 g/mol. The van der Waals surface area contributed by atoms with E-state index in [1.165, 1.54) is 12.1 Å². The van der Waals surface area contributed by atoms with Crippen LogP contribution in [0.15, 0.2) is 22.7 Å². The Kier molecular flexibility index (Phi) is 2.39. The van der Waals surface area contributed by atoms with Crippen molar-refractivity contribution < 1.29 is 14.8 Å². The van der Waals surface area contributed by atoms with Gasteiger partial charge in [0, 0.05) is 15.9 Å². The fourth-order valence-corrected chi connectivity index (χ4v) is 1.91. The van der Waals surface area contributed by atoms with Gasteiger partial charge in [-0.2, -0.15) is 0 Å². The molecule has 82 valence electrons. The molecule has 2 rings (SSSR count). The molecule has 0 radical (unpaired) electrons. The molecule has 0 aliphatic rings. The lowest BCUT2D eigenvalue weighted by molar-refractivity contribution is -0.383. The molecule has 0 aliphatic carbocycles. The Morgan fingerprint density at radius 3 is 2.69 bits per heavy atom. The number of non-ortho nitro benzene ring substituents is 1. The second-order valence-electron chi connectivity index (χ2n) is 3.13. The lowest BCUT2D eigenvalue weighted by atomic mass is 10.2. The number of nitrogens with one attached hydrogen (secondary N) is 1. The van der Waals surface area contributed by atoms with Gasteiger partial charge in [0.25, 0.3) is 5.69 Å². The van der Waals surface area contributed by atoms with Crippen molar-refractivity contribution in [1.29, 1.82) is 0 Å². The van der Waals surface area contributed by atoms with E-state index < -0.39 is 10.9 Å². The fraction of sp³-hybridized carbons (Fsp3) is 0. The van der Waals surface area contributed by atoms with Gasteiger partial charge in [-0.05, 0) is 12.1 Å². The summed E-state index contributed by atoms with van der Waals surface area (Å²) in [7, 11) is 0. The molecule has 0 aliphatic heterocycles. The molecule has 0 fully saturated rings. The molecule has 0 bridgehead atoms. The lowest BCUT2D eigenvalue weighted by Crippen LogP contribution is -1.95. The van der Waals surface area contributed by atoms with Crippen molar-refractivity contribution in [1.82, 2.24) is 4.98 Å². The zero-order chi connectivity index (χ0) is 11.9. The van der Waals surface area contributed by atoms with Crippen molar-refractivity contribution in [2.24, 2.45) is 0 Å². The molecule has 0 unspecified atom stereocenters. The number of hydrogen-bond acceptors (Lipinski definition) is 3. The van der Waals surface area contributed by atoms with Crippen molar-refractivity contribution in [3.63, 3.8) is 0 Å². The maximum Gasteiger partial charge on any atom is 0.352 e. The summed E-state index contributed by atoms with van der Waals surface area (Å²) < 4.78 is 0.530. The van der Waals surface area contributed by atoms with Crippen molar-refractivity contribution >= 4 is 38.5 Å². The van der Waals surface area contributed by atoms with Crippen LogP contribution in [0.25, 0.3) is 10.9 Å². The molecule has 1 heterocycles. The minimum absolute atomic E-state index is 0.0730. The third kappa shape index (κ3) is 1.65. The van der Waals surface area contributed by atoms with Crippen LogP contribution < -0.4 is 0 Å². The summed E-state index contributed by atoms with van der Waals surface area (Å²) in [6, 6.07) is 4.30. The van der Waals surface area contributed by atoms with Crippen LogP contribution in [0.4, 0.5) is 5.69 Å². The number of H-pyrrole nitrogens is 1. The molecule has 6 nitrogen and oxygen atoms in total. The van der Waals surface area contributed by atoms with Crippen molar-refractivity contribution in [3.8, 4) is 0 Å². The van der Waals surface area contributed by atoms with Gasteiger partial charge in [0.15, 0.2) is 0 Å². The number of fused-ring (bicyclic) bond motifs is 1. The average molecular weight is 285 g/mol. The standard InChI is InChI=1S/C9H5BrN2O4/c10-5-1-4-2-6(9(13)14)11-8(4)7(3-5)12(15)16/h1-3,11H,(H,13,14). The van der Waals surface area contributed by atoms with Gasteiger partial charge in [0.2, 0.25) is 0 Å². The van der Waals surface area contributed by atoms with E-state index in [4.69, 9.17) is 5.11 Å². The van der Waals surface area contributed by atoms with E-state index in [2.05, 4.69) is 20.9 Å². The summed E-state index contributed by atoms with van der Waals surface area (Å²) in [5, 5.41) is 20.0. The normalized spacial score (nSPS) is 10.6. The Morgan fingerprint density at radius 2 is 2.12 bits per heavy atom. The number of rotatable bonds is 2. The Labute approximate surface area is 97.2 Å². The molecule has 2 aromatic rings. The number of carbonyl (C=O) groups is 1. The molecular weight excluding hydrogens is 280 g/mol. The van der Waals surface area contributed by atoms with E-state index in [1.807, 2.05) is 0 Å². The summed E-state index contributed by atoms with van der Waals surface area (Å²) in [6.07, 6.45) is 0. The van der Waals surface area contributed by atoms with E-state index in [-0.39, 0.29) is 16.9 Å². The summed E-state index contributed by atoms with van der Waals surface area (Å²) in [6.45, 7) is 0. The molecule has 0 atom stereocenters. The number of aromatic nitrogens is 1. The van der Waals surface area contributed by atoms with E-state index in [0.29, 0.717) is 9.86 Å². The van der Waals surface area contributed by atoms with Gasteiger partial charge in [0.05, 0.1) is 4.92 Å². The Balaban J connectivity index is 2.80. The summed E-state index contributed by atoms with van der Waals surface area (Å²) >= 11 is 3.13. The highest BCUT2D eigenvalue weighted by Crippen LogP contribution is 2.29. The van der Waals surface area contributed by atoms with Gasteiger partial charge in [-0.1, -0.05) is 15.9 Å². The topological polar surface area (TPSA) is 96.2 Å². The van der Waals surface area contributed by atoms with Crippen LogP contribution in [0.3, 0.4) is 0 Å². The van der Waals surface area contributed by atoms with Gasteiger partial charge in [-0.3, -0.25) is 10.1 Å². The van der Waals surface area contributed by atoms with E-state index in [1.54, 1.807) is 6.07 Å². The number of carboxylic acid groups (broad SMARTS) is 1. The Morgan fingerprint density at radius 1 is 1.44 bits per heavy atom. The van der Waals surface area contributed by atoms with Crippen LogP contribution >= 0.6 is 15.9 Å². The molecule has 0 spiro atoms. The number of carboxylic acids is 1. The first kappa shape index (κ1) is 10.6. The van der Waals surface area contributed by atoms with Gasteiger partial charge >= 0.3 is 5.97 Å². The molecular formula is C9H5BrN2O4. The maximum atomic E-state index is 10.8. The van der Waals surface area contributed by atoms with E-state index in [9.17, 15) is 14.9 Å². The number of hydrogen-bond donors (Lipinski definition) is 2. The first-order valence-corrected chi connectivity index (χ1v) is 4.98. The number of nitrogens with zero attached hydrogens (tertiary/aromatic N) is 1. The van der Waals surface area contributed by atoms with E-state index in [0.717, 1.165) is 0 Å². The fourth-order valence-electron chi connectivity index (χ4n) is 1.45. The van der Waals surface area contributed by atoms with Gasteiger partial charge in [0.1, 0.15) is 11.2 Å². The summed E-state index contributed by atoms with van der Waals surface area (Å²) in [5.41, 5.74) is -0.0151. The first-order valence-electron chi connectivity index (χ1n) is 4.19. The van der Waals surface area contributed by atoms with Crippen LogP contribution in [0.1, 0.15) is 10.5 Å². The van der Waals surface area contributed by atoms with Crippen molar-refractivity contribution in [2.45, 2.75) is 0 Å². The van der Waals surface area contributed by atoms with Crippen LogP contribution in [0.5, 0.6) is 0 Å². The second kappa shape index (κ2) is 3.60. The van der Waals surface area contributed by atoms with Gasteiger partial charge in [-0.15, -0.1) is 0 Å². The molecule has 2 N–H and O–H groups in total. The van der Waals surface area contributed by atoms with Gasteiger partial charge < -0.3 is 10.1 Å². The van der Waals surface area contributed by atoms with Crippen LogP contribution in [0, 0.1) is 10.1 Å². The molecule has 7 heteroatoms. The SMILES string of the molecule is O=C(O)c1cc2cc(Br)cc([N+](=O)[O-])c2[nH]1. The minimum atomic E-state index is -1.15. The highest BCUT2D eigenvalue weighted by atomic mass is 79.9. The minimum Gasteiger partial charge on any atom is -0.477 e. The zero-order valence-corrected chi connectivity index (χ0v) is 9.32. The number of aromatic amines is 1. The largest absolute Gasteiger partial charge is 0.477 e. The predicted molar refractivity (Wildman–Crippen MR) is 59.6 cm³/mol. The molecule has 1 aromatic heterocycles. The Bertz CT molecular complexity index is 605. The smallest absolute Gasteiger partial charge is 0.352 e. The Hall–Kier alpha value is -1.89. The highest BCUT2D eigenvalue weighted by Gasteiger charge is 2.17. The second-order valence-corrected chi connectivity index (χ2v) is 4.05. The van der Waals surface area contributed by atoms with Crippen LogP contribution in [0.2, 0.25) is 0 Å². The van der Waals surface area contributed by atoms with Crippen molar-refractivity contribution in [2.75, 3.05) is 0 Å². The number of aromatic carboxylic acids is 1. The first-order chi connectivity index (χ1) is 7.49. The summed E-state index contributed by atoms with van der Waals surface area (Å²) in [4.78, 5) is 23.4. The van der Waals surface area contributed by atoms with Crippen molar-refractivity contribution in [3.05, 3.63) is 38.5 Å². The number of nitro benzene ring substituents is 1. The molecule has 0 saturated carbocycles. The molecule has 16 heavy (non-hydrogen) atoms. The molecule has 0 saturated heterocycles. The molecule has 1 aromatic carbocycles. The van der Waals surface area contributed by atoms with Crippen LogP contribution in [-0.4, -0.2) is 21.0 Å². The zero-order valence-electron chi connectivity index (χ0n) is 7.73. The van der Waals surface area contributed by atoms with Crippen LogP contribution in [-0.2, 0) is 0 Å². The maximum absolute atomic E-state index is 10.8. The number of halogens is 1.